The molecule has 0 unspecified atom stereocenters. The van der Waals surface area contributed by atoms with Crippen LogP contribution in [-0.2, 0) is 16.4 Å². The summed E-state index contributed by atoms with van der Waals surface area (Å²) in [5, 5.41) is 0.568. The van der Waals surface area contributed by atoms with Crippen LogP contribution in [0.5, 0.6) is 0 Å². The van der Waals surface area contributed by atoms with Gasteiger partial charge in [0.25, 0.3) is 0 Å². The summed E-state index contributed by atoms with van der Waals surface area (Å²) in [6.07, 6.45) is 1.61. The van der Waals surface area contributed by atoms with Gasteiger partial charge >= 0.3 is 0 Å². The van der Waals surface area contributed by atoms with Crippen LogP contribution in [0.1, 0.15) is 17.5 Å². The molecule has 0 aromatic heterocycles. The highest BCUT2D eigenvalue weighted by Crippen LogP contribution is 2.19. The van der Waals surface area contributed by atoms with Gasteiger partial charge < -0.3 is 0 Å². The zero-order valence-corrected chi connectivity index (χ0v) is 13.4. The maximum absolute atomic E-state index is 12.2. The maximum atomic E-state index is 12.2. The zero-order chi connectivity index (χ0) is 15.3. The van der Waals surface area contributed by atoms with Gasteiger partial charge in [0.05, 0.1) is 4.90 Å². The molecule has 21 heavy (non-hydrogen) atoms. The van der Waals surface area contributed by atoms with Gasteiger partial charge in [-0.05, 0) is 49.1 Å². The van der Waals surface area contributed by atoms with Crippen LogP contribution in [0.4, 0.5) is 0 Å². The first-order valence-corrected chi connectivity index (χ1v) is 8.65. The molecule has 1 N–H and O–H groups in total. The number of sulfonamides is 1. The lowest BCUT2D eigenvalue weighted by Gasteiger charge is -2.08. The van der Waals surface area contributed by atoms with Crippen LogP contribution in [0, 0.1) is 6.92 Å². The summed E-state index contributed by atoms with van der Waals surface area (Å²) in [6.45, 7) is 2.20. The van der Waals surface area contributed by atoms with E-state index in [1.807, 2.05) is 30.3 Å². The molecule has 2 aromatic carbocycles. The van der Waals surface area contributed by atoms with Crippen molar-refractivity contribution in [3.05, 3.63) is 64.7 Å². The molecular formula is C16H18ClNO2S. The Morgan fingerprint density at radius 3 is 2.48 bits per heavy atom. The van der Waals surface area contributed by atoms with Gasteiger partial charge in [0, 0.05) is 11.6 Å². The Labute approximate surface area is 131 Å². The van der Waals surface area contributed by atoms with Crippen molar-refractivity contribution < 1.29 is 8.42 Å². The quantitative estimate of drug-likeness (QED) is 0.826. The second-order valence-corrected chi connectivity index (χ2v) is 7.07. The van der Waals surface area contributed by atoms with Crippen LogP contribution in [0.25, 0.3) is 0 Å². The fourth-order valence-corrected chi connectivity index (χ4v) is 3.29. The predicted molar refractivity (Wildman–Crippen MR) is 86.1 cm³/mol. The van der Waals surface area contributed by atoms with Crippen molar-refractivity contribution in [1.29, 1.82) is 0 Å². The molecular weight excluding hydrogens is 306 g/mol. The molecule has 0 aliphatic rings. The van der Waals surface area contributed by atoms with E-state index in [0.29, 0.717) is 11.6 Å². The first-order chi connectivity index (χ1) is 9.99. The molecule has 0 atom stereocenters. The predicted octanol–water partition coefficient (Wildman–Crippen LogP) is 3.56. The summed E-state index contributed by atoms with van der Waals surface area (Å²) in [6, 6.07) is 14.7. The molecule has 112 valence electrons. The van der Waals surface area contributed by atoms with Crippen LogP contribution >= 0.6 is 11.6 Å². The smallest absolute Gasteiger partial charge is 0.211 e. The molecule has 0 heterocycles. The highest BCUT2D eigenvalue weighted by molar-refractivity contribution is 7.89. The van der Waals surface area contributed by atoms with Crippen molar-refractivity contribution in [2.24, 2.45) is 0 Å². The number of aryl methyl sites for hydroxylation is 2. The average molecular weight is 324 g/mol. The Hall–Kier alpha value is -1.36. The number of hydrogen-bond donors (Lipinski definition) is 1. The monoisotopic (exact) mass is 323 g/mol. The average Bonchev–Trinajstić information content (AvgIpc) is 2.47. The van der Waals surface area contributed by atoms with Crippen LogP contribution in [0.2, 0.25) is 5.02 Å². The molecule has 0 fully saturated rings. The van der Waals surface area contributed by atoms with Gasteiger partial charge in [-0.15, -0.1) is 0 Å². The van der Waals surface area contributed by atoms with Crippen molar-refractivity contribution in [2.75, 3.05) is 6.54 Å². The lowest BCUT2D eigenvalue weighted by molar-refractivity contribution is 0.579. The van der Waals surface area contributed by atoms with Crippen molar-refractivity contribution in [3.63, 3.8) is 0 Å². The summed E-state index contributed by atoms with van der Waals surface area (Å²) >= 11 is 5.91. The van der Waals surface area contributed by atoms with E-state index in [9.17, 15) is 8.42 Å². The van der Waals surface area contributed by atoms with Gasteiger partial charge in [-0.2, -0.15) is 0 Å². The van der Waals surface area contributed by atoms with Crippen molar-refractivity contribution >= 4 is 21.6 Å². The Kier molecular flexibility index (Phi) is 5.39. The molecule has 3 nitrogen and oxygen atoms in total. The molecule has 0 spiro atoms. The molecule has 0 radical (unpaired) electrons. The fourth-order valence-electron chi connectivity index (χ4n) is 2.01. The van der Waals surface area contributed by atoms with E-state index in [2.05, 4.69) is 4.72 Å². The molecule has 0 amide bonds. The van der Waals surface area contributed by atoms with Crippen molar-refractivity contribution in [1.82, 2.24) is 4.72 Å². The molecule has 2 rings (SSSR count). The van der Waals surface area contributed by atoms with Gasteiger partial charge in [0.2, 0.25) is 10.0 Å². The molecule has 0 saturated heterocycles. The number of benzene rings is 2. The first-order valence-electron chi connectivity index (χ1n) is 6.79. The third-order valence-electron chi connectivity index (χ3n) is 3.22. The van der Waals surface area contributed by atoms with E-state index in [-0.39, 0.29) is 4.90 Å². The molecule has 0 aliphatic carbocycles. The molecule has 5 heteroatoms. The van der Waals surface area contributed by atoms with Crippen LogP contribution in [0.3, 0.4) is 0 Å². The number of rotatable bonds is 6. The van der Waals surface area contributed by atoms with E-state index < -0.39 is 10.0 Å². The van der Waals surface area contributed by atoms with Crippen LogP contribution < -0.4 is 4.72 Å². The minimum Gasteiger partial charge on any atom is -0.211 e. The minimum atomic E-state index is -3.46. The van der Waals surface area contributed by atoms with Gasteiger partial charge in [-0.1, -0.05) is 41.9 Å². The van der Waals surface area contributed by atoms with Crippen LogP contribution in [-0.4, -0.2) is 15.0 Å². The Bertz CT molecular complexity index is 699. The first kappa shape index (κ1) is 16.0. The SMILES string of the molecule is Cc1cc(S(=O)(=O)NCCCc2ccccc2)ccc1Cl. The summed E-state index contributed by atoms with van der Waals surface area (Å²) in [7, 11) is -3.46. The van der Waals surface area contributed by atoms with Crippen molar-refractivity contribution in [2.45, 2.75) is 24.7 Å². The van der Waals surface area contributed by atoms with Gasteiger partial charge in [0.1, 0.15) is 0 Å². The lowest BCUT2D eigenvalue weighted by Crippen LogP contribution is -2.25. The topological polar surface area (TPSA) is 46.2 Å². The minimum absolute atomic E-state index is 0.254. The number of nitrogens with one attached hydrogen (secondary N) is 1. The summed E-state index contributed by atoms with van der Waals surface area (Å²) in [5.41, 5.74) is 1.96. The standard InChI is InChI=1S/C16H18ClNO2S/c1-13-12-15(9-10-16(13)17)21(19,20)18-11-5-8-14-6-3-2-4-7-14/h2-4,6-7,9-10,12,18H,5,8,11H2,1H3. The Morgan fingerprint density at radius 1 is 1.10 bits per heavy atom. The molecule has 0 bridgehead atoms. The summed E-state index contributed by atoms with van der Waals surface area (Å²) in [5.74, 6) is 0. The highest BCUT2D eigenvalue weighted by Gasteiger charge is 2.14. The van der Waals surface area contributed by atoms with Gasteiger partial charge in [0.15, 0.2) is 0 Å². The fraction of sp³-hybridized carbons (Fsp3) is 0.250. The van der Waals surface area contributed by atoms with E-state index in [1.165, 1.54) is 11.6 Å². The third kappa shape index (κ3) is 4.56. The van der Waals surface area contributed by atoms with Crippen LogP contribution in [0.15, 0.2) is 53.4 Å². The highest BCUT2D eigenvalue weighted by atomic mass is 35.5. The third-order valence-corrected chi connectivity index (χ3v) is 5.10. The van der Waals surface area contributed by atoms with E-state index in [4.69, 9.17) is 11.6 Å². The largest absolute Gasteiger partial charge is 0.240 e. The molecule has 0 saturated carbocycles. The van der Waals surface area contributed by atoms with E-state index in [0.717, 1.165) is 18.4 Å². The van der Waals surface area contributed by atoms with Gasteiger partial charge in [-0.25, -0.2) is 13.1 Å². The second-order valence-electron chi connectivity index (χ2n) is 4.90. The van der Waals surface area contributed by atoms with E-state index >= 15 is 0 Å². The molecule has 0 aliphatic heterocycles. The Morgan fingerprint density at radius 2 is 1.81 bits per heavy atom. The second kappa shape index (κ2) is 7.07. The summed E-state index contributed by atoms with van der Waals surface area (Å²) in [4.78, 5) is 0.254. The van der Waals surface area contributed by atoms with E-state index in [1.54, 1.807) is 19.1 Å². The maximum Gasteiger partial charge on any atom is 0.240 e. The van der Waals surface area contributed by atoms with Gasteiger partial charge in [-0.3, -0.25) is 0 Å². The lowest BCUT2D eigenvalue weighted by atomic mass is 10.1. The summed E-state index contributed by atoms with van der Waals surface area (Å²) < 4.78 is 26.9. The molecule has 2 aromatic rings. The zero-order valence-electron chi connectivity index (χ0n) is 11.8. The number of halogens is 1. The number of hydrogen-bond acceptors (Lipinski definition) is 2. The Balaban J connectivity index is 1.91. The normalized spacial score (nSPS) is 11.5. The van der Waals surface area contributed by atoms with Crippen molar-refractivity contribution in [3.8, 4) is 0 Å².